The van der Waals surface area contributed by atoms with Gasteiger partial charge < -0.3 is 5.73 Å². The number of hydrogen-bond acceptors (Lipinski definition) is 2. The maximum Gasteiger partial charge on any atom is 0.163 e. The lowest BCUT2D eigenvalue weighted by Gasteiger charge is -2.08. The SMILES string of the molecule is Cc1ccn(-c2ccc(C(=N)N)c(Br)c2F)n1. The van der Waals surface area contributed by atoms with Gasteiger partial charge in [0, 0.05) is 11.8 Å². The molecule has 0 bridgehead atoms. The highest BCUT2D eigenvalue weighted by Crippen LogP contribution is 2.25. The minimum Gasteiger partial charge on any atom is -0.384 e. The van der Waals surface area contributed by atoms with Crippen LogP contribution in [0.2, 0.25) is 0 Å². The van der Waals surface area contributed by atoms with Crippen LogP contribution < -0.4 is 5.73 Å². The Balaban J connectivity index is 2.58. The number of aryl methyl sites for hydroxylation is 1. The van der Waals surface area contributed by atoms with Crippen LogP contribution in [0.4, 0.5) is 4.39 Å². The highest BCUT2D eigenvalue weighted by atomic mass is 79.9. The molecule has 0 radical (unpaired) electrons. The minimum absolute atomic E-state index is 0.177. The zero-order chi connectivity index (χ0) is 12.6. The third-order valence-corrected chi connectivity index (χ3v) is 3.10. The quantitative estimate of drug-likeness (QED) is 0.660. The molecular weight excluding hydrogens is 287 g/mol. The molecule has 2 aromatic rings. The predicted octanol–water partition coefficient (Wildman–Crippen LogP) is 2.37. The second-order valence-corrected chi connectivity index (χ2v) is 4.37. The number of benzene rings is 1. The first-order valence-corrected chi connectivity index (χ1v) is 5.65. The zero-order valence-electron chi connectivity index (χ0n) is 9.04. The molecule has 0 unspecified atom stereocenters. The number of nitrogens with zero attached hydrogens (tertiary/aromatic N) is 2. The Morgan fingerprint density at radius 1 is 1.47 bits per heavy atom. The number of nitrogen functional groups attached to an aromatic ring is 1. The van der Waals surface area contributed by atoms with Gasteiger partial charge in [0.25, 0.3) is 0 Å². The number of aromatic nitrogens is 2. The summed E-state index contributed by atoms with van der Waals surface area (Å²) >= 11 is 3.10. The Labute approximate surface area is 106 Å². The van der Waals surface area contributed by atoms with Crippen LogP contribution in [0.3, 0.4) is 0 Å². The predicted molar refractivity (Wildman–Crippen MR) is 67.0 cm³/mol. The van der Waals surface area contributed by atoms with Crippen LogP contribution in [0.25, 0.3) is 5.69 Å². The molecule has 3 N–H and O–H groups in total. The van der Waals surface area contributed by atoms with Crippen molar-refractivity contribution in [2.24, 2.45) is 5.73 Å². The molecule has 0 atom stereocenters. The third-order valence-electron chi connectivity index (χ3n) is 2.32. The Morgan fingerprint density at radius 3 is 2.71 bits per heavy atom. The molecule has 0 spiro atoms. The molecule has 17 heavy (non-hydrogen) atoms. The average molecular weight is 297 g/mol. The van der Waals surface area contributed by atoms with Crippen molar-refractivity contribution in [2.45, 2.75) is 6.92 Å². The third kappa shape index (κ3) is 2.08. The van der Waals surface area contributed by atoms with E-state index in [1.165, 1.54) is 4.68 Å². The fraction of sp³-hybridized carbons (Fsp3) is 0.0909. The van der Waals surface area contributed by atoms with Crippen molar-refractivity contribution < 1.29 is 4.39 Å². The molecule has 2 rings (SSSR count). The summed E-state index contributed by atoms with van der Waals surface area (Å²) in [5.41, 5.74) is 6.79. The van der Waals surface area contributed by atoms with Crippen LogP contribution >= 0.6 is 15.9 Å². The van der Waals surface area contributed by atoms with E-state index < -0.39 is 5.82 Å². The van der Waals surface area contributed by atoms with Crippen molar-refractivity contribution in [3.8, 4) is 5.69 Å². The molecule has 88 valence electrons. The lowest BCUT2D eigenvalue weighted by atomic mass is 10.2. The molecule has 1 aromatic heterocycles. The Morgan fingerprint density at radius 2 is 2.18 bits per heavy atom. The number of rotatable bonds is 2. The van der Waals surface area contributed by atoms with Crippen molar-refractivity contribution in [3.63, 3.8) is 0 Å². The van der Waals surface area contributed by atoms with Gasteiger partial charge in [0.05, 0.1) is 10.2 Å². The summed E-state index contributed by atoms with van der Waals surface area (Å²) < 4.78 is 15.7. The topological polar surface area (TPSA) is 67.7 Å². The highest BCUT2D eigenvalue weighted by Gasteiger charge is 2.14. The molecule has 6 heteroatoms. The Kier molecular flexibility index (Phi) is 2.97. The normalized spacial score (nSPS) is 10.5. The summed E-state index contributed by atoms with van der Waals surface area (Å²) in [6, 6.07) is 4.91. The van der Waals surface area contributed by atoms with Gasteiger partial charge in [0.2, 0.25) is 0 Å². The van der Waals surface area contributed by atoms with E-state index in [1.807, 2.05) is 6.92 Å². The van der Waals surface area contributed by atoms with Crippen molar-refractivity contribution in [2.75, 3.05) is 0 Å². The second-order valence-electron chi connectivity index (χ2n) is 3.58. The van der Waals surface area contributed by atoms with Gasteiger partial charge in [-0.3, -0.25) is 5.41 Å². The maximum absolute atomic E-state index is 14.1. The molecule has 0 saturated carbocycles. The van der Waals surface area contributed by atoms with E-state index in [1.54, 1.807) is 24.4 Å². The lowest BCUT2D eigenvalue weighted by molar-refractivity contribution is 0.603. The van der Waals surface area contributed by atoms with Crippen molar-refractivity contribution in [1.82, 2.24) is 9.78 Å². The molecular formula is C11H10BrFN4. The summed E-state index contributed by atoms with van der Waals surface area (Å²) in [4.78, 5) is 0. The van der Waals surface area contributed by atoms with E-state index in [-0.39, 0.29) is 10.3 Å². The zero-order valence-corrected chi connectivity index (χ0v) is 10.6. The van der Waals surface area contributed by atoms with E-state index in [0.29, 0.717) is 11.3 Å². The summed E-state index contributed by atoms with van der Waals surface area (Å²) in [5.74, 6) is -0.667. The van der Waals surface area contributed by atoms with Crippen molar-refractivity contribution >= 4 is 21.8 Å². The van der Waals surface area contributed by atoms with Gasteiger partial charge in [-0.1, -0.05) is 0 Å². The van der Waals surface area contributed by atoms with Gasteiger partial charge in [-0.25, -0.2) is 9.07 Å². The monoisotopic (exact) mass is 296 g/mol. The molecule has 4 nitrogen and oxygen atoms in total. The van der Waals surface area contributed by atoms with E-state index in [9.17, 15) is 4.39 Å². The fourth-order valence-electron chi connectivity index (χ4n) is 1.47. The molecule has 0 aliphatic carbocycles. The highest BCUT2D eigenvalue weighted by molar-refractivity contribution is 9.10. The number of nitrogens with one attached hydrogen (secondary N) is 1. The maximum atomic E-state index is 14.1. The Hall–Kier alpha value is -1.69. The molecule has 0 saturated heterocycles. The lowest BCUT2D eigenvalue weighted by Crippen LogP contribution is -2.13. The second kappa shape index (κ2) is 4.29. The summed E-state index contributed by atoms with van der Waals surface area (Å²) in [7, 11) is 0. The molecule has 0 amide bonds. The molecule has 0 aliphatic heterocycles. The minimum atomic E-state index is -0.485. The van der Waals surface area contributed by atoms with E-state index >= 15 is 0 Å². The summed E-state index contributed by atoms with van der Waals surface area (Å²) in [6.45, 7) is 1.83. The number of halogens is 2. The van der Waals surface area contributed by atoms with Gasteiger partial charge in [0.1, 0.15) is 11.5 Å². The first kappa shape index (κ1) is 11.8. The van der Waals surface area contributed by atoms with Gasteiger partial charge in [-0.2, -0.15) is 5.10 Å². The largest absolute Gasteiger partial charge is 0.384 e. The molecule has 1 aromatic carbocycles. The first-order chi connectivity index (χ1) is 8.00. The standard InChI is InChI=1S/C11H10BrFN4/c1-6-4-5-17(16-6)8-3-2-7(11(14)15)9(12)10(8)13/h2-5H,1H3,(H3,14,15). The number of amidine groups is 1. The number of nitrogens with two attached hydrogens (primary N) is 1. The molecule has 0 aliphatic rings. The van der Waals surface area contributed by atoms with Crippen LogP contribution in [0.1, 0.15) is 11.3 Å². The van der Waals surface area contributed by atoms with E-state index in [4.69, 9.17) is 11.1 Å². The van der Waals surface area contributed by atoms with Crippen LogP contribution in [0.5, 0.6) is 0 Å². The van der Waals surface area contributed by atoms with Crippen LogP contribution in [0.15, 0.2) is 28.9 Å². The van der Waals surface area contributed by atoms with Gasteiger partial charge in [-0.15, -0.1) is 0 Å². The van der Waals surface area contributed by atoms with E-state index in [2.05, 4.69) is 21.0 Å². The van der Waals surface area contributed by atoms with Gasteiger partial charge >= 0.3 is 0 Å². The van der Waals surface area contributed by atoms with E-state index in [0.717, 1.165) is 5.69 Å². The van der Waals surface area contributed by atoms with Crippen LogP contribution in [-0.2, 0) is 0 Å². The Bertz CT molecular complexity index is 591. The van der Waals surface area contributed by atoms with Gasteiger partial charge in [-0.05, 0) is 41.1 Å². The van der Waals surface area contributed by atoms with Crippen LogP contribution in [0, 0.1) is 18.2 Å². The average Bonchev–Trinajstić information content (AvgIpc) is 2.68. The van der Waals surface area contributed by atoms with Crippen molar-refractivity contribution in [3.05, 3.63) is 45.9 Å². The molecule has 0 fully saturated rings. The van der Waals surface area contributed by atoms with Crippen molar-refractivity contribution in [1.29, 1.82) is 5.41 Å². The van der Waals surface area contributed by atoms with Gasteiger partial charge in [0.15, 0.2) is 5.82 Å². The molecule has 1 heterocycles. The summed E-state index contributed by atoms with van der Waals surface area (Å²) in [5, 5.41) is 11.4. The smallest absolute Gasteiger partial charge is 0.163 e. The number of hydrogen-bond donors (Lipinski definition) is 2. The fourth-order valence-corrected chi connectivity index (χ4v) is 2.02. The first-order valence-electron chi connectivity index (χ1n) is 4.85. The summed E-state index contributed by atoms with van der Waals surface area (Å²) in [6.07, 6.45) is 1.67. The van der Waals surface area contributed by atoms with Crippen LogP contribution in [-0.4, -0.2) is 15.6 Å².